The maximum Gasteiger partial charge on any atom is 0.287 e. The van der Waals surface area contributed by atoms with Gasteiger partial charge >= 0.3 is 0 Å². The minimum atomic E-state index is -0.393. The molecule has 3 rings (SSSR count). The number of carbonyl (C=O) groups is 1. The number of benzene rings is 2. The van der Waals surface area contributed by atoms with Gasteiger partial charge in [-0.25, -0.2) is 5.43 Å². The smallest absolute Gasteiger partial charge is 0.287 e. The van der Waals surface area contributed by atoms with E-state index < -0.39 is 5.91 Å². The number of carbonyl (C=O) groups excluding carboxylic acids is 1. The molecule has 0 radical (unpaired) electrons. The lowest BCUT2D eigenvalue weighted by Crippen LogP contribution is -2.17. The van der Waals surface area contributed by atoms with Crippen molar-refractivity contribution in [1.82, 2.24) is 10.4 Å². The molecule has 0 saturated heterocycles. The van der Waals surface area contributed by atoms with Gasteiger partial charge in [0.2, 0.25) is 0 Å². The Bertz CT molecular complexity index is 1030. The Labute approximate surface area is 162 Å². The number of hydrogen-bond acceptors (Lipinski definition) is 6. The van der Waals surface area contributed by atoms with Gasteiger partial charge in [-0.3, -0.25) is 4.79 Å². The summed E-state index contributed by atoms with van der Waals surface area (Å²) in [5.41, 5.74) is 4.23. The van der Waals surface area contributed by atoms with Gasteiger partial charge in [0, 0.05) is 23.1 Å². The first-order chi connectivity index (χ1) is 13.6. The lowest BCUT2D eigenvalue weighted by molar-refractivity contribution is 0.0951. The van der Waals surface area contributed by atoms with Crippen molar-refractivity contribution in [2.45, 2.75) is 0 Å². The number of rotatable bonds is 7. The highest BCUT2D eigenvalue weighted by molar-refractivity contribution is 6.00. The van der Waals surface area contributed by atoms with E-state index in [4.69, 9.17) is 18.9 Å². The third kappa shape index (κ3) is 3.71. The van der Waals surface area contributed by atoms with E-state index in [0.29, 0.717) is 34.3 Å². The summed E-state index contributed by atoms with van der Waals surface area (Å²) >= 11 is 0. The Morgan fingerprint density at radius 1 is 1.00 bits per heavy atom. The molecule has 28 heavy (non-hydrogen) atoms. The van der Waals surface area contributed by atoms with Crippen molar-refractivity contribution in [2.24, 2.45) is 5.10 Å². The van der Waals surface area contributed by atoms with Crippen LogP contribution in [0.25, 0.3) is 10.9 Å². The molecule has 0 saturated carbocycles. The summed E-state index contributed by atoms with van der Waals surface area (Å²) in [7, 11) is 6.23. The first kappa shape index (κ1) is 19.1. The van der Waals surface area contributed by atoms with Crippen molar-refractivity contribution in [1.29, 1.82) is 0 Å². The lowest BCUT2D eigenvalue weighted by atomic mass is 10.2. The molecule has 8 nitrogen and oxygen atoms in total. The number of hydrazone groups is 1. The van der Waals surface area contributed by atoms with Crippen LogP contribution >= 0.6 is 0 Å². The average molecular weight is 383 g/mol. The standard InChI is InChI=1S/C20H21N3O5/c1-25-13-8-15-14(18(9-13)27-3)10-16(22-15)20(24)23-21-11-12-6-5-7-17(26-2)19(12)28-4/h5-11,22H,1-4H3,(H,23,24). The minimum Gasteiger partial charge on any atom is -0.497 e. The van der Waals surface area contributed by atoms with Crippen LogP contribution in [-0.2, 0) is 0 Å². The van der Waals surface area contributed by atoms with Crippen molar-refractivity contribution < 1.29 is 23.7 Å². The van der Waals surface area contributed by atoms with Crippen LogP contribution in [-0.4, -0.2) is 45.5 Å². The topological polar surface area (TPSA) is 94.2 Å². The number of amides is 1. The molecule has 2 aromatic carbocycles. The molecular formula is C20H21N3O5. The Morgan fingerprint density at radius 3 is 2.46 bits per heavy atom. The predicted octanol–water partition coefficient (Wildman–Crippen LogP) is 2.97. The number of nitrogens with one attached hydrogen (secondary N) is 2. The molecule has 0 atom stereocenters. The van der Waals surface area contributed by atoms with E-state index in [2.05, 4.69) is 15.5 Å². The number of nitrogens with zero attached hydrogens (tertiary/aromatic N) is 1. The molecule has 3 aromatic rings. The van der Waals surface area contributed by atoms with Crippen LogP contribution < -0.4 is 24.4 Å². The molecule has 146 valence electrons. The maximum absolute atomic E-state index is 12.5. The van der Waals surface area contributed by atoms with Gasteiger partial charge in [0.15, 0.2) is 11.5 Å². The first-order valence-electron chi connectivity index (χ1n) is 8.40. The van der Waals surface area contributed by atoms with Gasteiger partial charge in [0.25, 0.3) is 5.91 Å². The second-order valence-corrected chi connectivity index (χ2v) is 5.76. The number of ether oxygens (including phenoxy) is 4. The van der Waals surface area contributed by atoms with Gasteiger partial charge in [-0.2, -0.15) is 5.10 Å². The van der Waals surface area contributed by atoms with Crippen molar-refractivity contribution in [2.75, 3.05) is 28.4 Å². The fourth-order valence-corrected chi connectivity index (χ4v) is 2.82. The van der Waals surface area contributed by atoms with Crippen LogP contribution in [0.15, 0.2) is 41.5 Å². The zero-order chi connectivity index (χ0) is 20.1. The van der Waals surface area contributed by atoms with Gasteiger partial charge in [0.1, 0.15) is 17.2 Å². The molecule has 1 amide bonds. The number of fused-ring (bicyclic) bond motifs is 1. The number of aromatic amines is 1. The number of methoxy groups -OCH3 is 4. The summed E-state index contributed by atoms with van der Waals surface area (Å²) in [6.45, 7) is 0. The number of aromatic nitrogens is 1. The van der Waals surface area contributed by atoms with Crippen LogP contribution in [0.3, 0.4) is 0 Å². The highest BCUT2D eigenvalue weighted by Gasteiger charge is 2.14. The van der Waals surface area contributed by atoms with Crippen LogP contribution in [0.4, 0.5) is 0 Å². The quantitative estimate of drug-likeness (QED) is 0.483. The first-order valence-corrected chi connectivity index (χ1v) is 8.40. The van der Waals surface area contributed by atoms with E-state index in [1.807, 2.05) is 6.07 Å². The Morgan fingerprint density at radius 2 is 1.79 bits per heavy atom. The van der Waals surface area contributed by atoms with Crippen LogP contribution in [0.1, 0.15) is 16.1 Å². The molecule has 1 aromatic heterocycles. The van der Waals surface area contributed by atoms with Crippen molar-refractivity contribution in [3.63, 3.8) is 0 Å². The SMILES string of the molecule is COc1cc(OC)c2cc(C(=O)NN=Cc3cccc(OC)c3OC)[nH]c2c1. The van der Waals surface area contributed by atoms with Crippen LogP contribution in [0.2, 0.25) is 0 Å². The van der Waals surface area contributed by atoms with E-state index in [1.165, 1.54) is 6.21 Å². The summed E-state index contributed by atoms with van der Waals surface area (Å²) in [5.74, 6) is 1.95. The zero-order valence-corrected chi connectivity index (χ0v) is 16.0. The molecule has 8 heteroatoms. The molecule has 1 heterocycles. The molecular weight excluding hydrogens is 362 g/mol. The normalized spacial score (nSPS) is 10.9. The monoisotopic (exact) mass is 383 g/mol. The lowest BCUT2D eigenvalue weighted by Gasteiger charge is -2.09. The molecule has 0 fully saturated rings. The second kappa shape index (κ2) is 8.34. The van der Waals surface area contributed by atoms with Crippen molar-refractivity contribution >= 4 is 23.0 Å². The van der Waals surface area contributed by atoms with E-state index in [9.17, 15) is 4.79 Å². The zero-order valence-electron chi connectivity index (χ0n) is 16.0. The third-order valence-electron chi connectivity index (χ3n) is 4.18. The predicted molar refractivity (Wildman–Crippen MR) is 106 cm³/mol. The number of hydrogen-bond donors (Lipinski definition) is 2. The van der Waals surface area contributed by atoms with Crippen molar-refractivity contribution in [3.8, 4) is 23.0 Å². The fraction of sp³-hybridized carbons (Fsp3) is 0.200. The van der Waals surface area contributed by atoms with E-state index in [0.717, 1.165) is 10.9 Å². The molecule has 0 spiro atoms. The highest BCUT2D eigenvalue weighted by Crippen LogP contribution is 2.32. The van der Waals surface area contributed by atoms with E-state index >= 15 is 0 Å². The van der Waals surface area contributed by atoms with Gasteiger partial charge < -0.3 is 23.9 Å². The summed E-state index contributed by atoms with van der Waals surface area (Å²) in [6.07, 6.45) is 1.49. The van der Waals surface area contributed by atoms with Gasteiger partial charge in [0.05, 0.1) is 40.2 Å². The fourth-order valence-electron chi connectivity index (χ4n) is 2.82. The molecule has 0 aliphatic heterocycles. The van der Waals surface area contributed by atoms with Crippen LogP contribution in [0, 0.1) is 0 Å². The summed E-state index contributed by atoms with van der Waals surface area (Å²) in [6, 6.07) is 10.6. The highest BCUT2D eigenvalue weighted by atomic mass is 16.5. The van der Waals surface area contributed by atoms with E-state index in [-0.39, 0.29) is 0 Å². The van der Waals surface area contributed by atoms with Crippen LogP contribution in [0.5, 0.6) is 23.0 Å². The molecule has 0 unspecified atom stereocenters. The number of H-pyrrole nitrogens is 1. The van der Waals surface area contributed by atoms with Gasteiger partial charge in [-0.1, -0.05) is 6.07 Å². The average Bonchev–Trinajstić information content (AvgIpc) is 3.16. The Kier molecular flexibility index (Phi) is 5.69. The third-order valence-corrected chi connectivity index (χ3v) is 4.18. The molecule has 2 N–H and O–H groups in total. The maximum atomic E-state index is 12.5. The Balaban J connectivity index is 1.81. The minimum absolute atomic E-state index is 0.344. The molecule has 0 aliphatic rings. The number of para-hydroxylation sites is 1. The van der Waals surface area contributed by atoms with Gasteiger partial charge in [-0.15, -0.1) is 0 Å². The largest absolute Gasteiger partial charge is 0.497 e. The second-order valence-electron chi connectivity index (χ2n) is 5.76. The summed E-state index contributed by atoms with van der Waals surface area (Å²) in [5, 5.41) is 4.78. The van der Waals surface area contributed by atoms with E-state index in [1.54, 1.807) is 58.8 Å². The molecule has 0 aliphatic carbocycles. The summed E-state index contributed by atoms with van der Waals surface area (Å²) < 4.78 is 21.2. The summed E-state index contributed by atoms with van der Waals surface area (Å²) in [4.78, 5) is 15.5. The van der Waals surface area contributed by atoms with Crippen molar-refractivity contribution in [3.05, 3.63) is 47.7 Å². The Hall–Kier alpha value is -3.68. The molecule has 0 bridgehead atoms. The van der Waals surface area contributed by atoms with Gasteiger partial charge in [-0.05, 0) is 18.2 Å².